The van der Waals surface area contributed by atoms with Gasteiger partial charge in [0.1, 0.15) is 36.3 Å². The second-order valence-electron chi connectivity index (χ2n) is 13.4. The monoisotopic (exact) mass is 800 g/mol. The molecule has 0 heterocycles. The molecular weight excluding hydrogens is 736 g/mol. The number of amides is 8. The first-order chi connectivity index (χ1) is 26.2. The van der Waals surface area contributed by atoms with Crippen LogP contribution in [0.25, 0.3) is 0 Å². The van der Waals surface area contributed by atoms with Crippen LogP contribution in [-0.2, 0) is 38.4 Å². The van der Waals surface area contributed by atoms with Gasteiger partial charge in [0.15, 0.2) is 5.96 Å². The highest BCUT2D eigenvalue weighted by atomic mass is 16.3. The maximum Gasteiger partial charge on any atom is 0.245 e. The van der Waals surface area contributed by atoms with Gasteiger partial charge in [0.2, 0.25) is 47.3 Å². The van der Waals surface area contributed by atoms with E-state index in [4.69, 9.17) is 40.1 Å². The number of aliphatic hydroxyl groups excluding tert-OH is 1. The van der Waals surface area contributed by atoms with E-state index in [9.17, 15) is 43.5 Å². The number of primary amides is 2. The van der Waals surface area contributed by atoms with Gasteiger partial charge in [0.25, 0.3) is 0 Å². The molecule has 21 N–H and O–H groups in total. The smallest absolute Gasteiger partial charge is 0.245 e. The van der Waals surface area contributed by atoms with Crippen LogP contribution >= 0.6 is 0 Å². The van der Waals surface area contributed by atoms with Gasteiger partial charge in [-0.3, -0.25) is 43.3 Å². The number of guanidine groups is 1. The van der Waals surface area contributed by atoms with Crippen LogP contribution < -0.4 is 72.0 Å². The van der Waals surface area contributed by atoms with Crippen LogP contribution in [0.5, 0.6) is 0 Å². The third-order valence-corrected chi connectivity index (χ3v) is 8.31. The van der Waals surface area contributed by atoms with Crippen molar-refractivity contribution in [3.8, 4) is 0 Å². The zero-order chi connectivity index (χ0) is 43.0. The number of aliphatic hydroxyl groups is 1. The van der Waals surface area contributed by atoms with Gasteiger partial charge in [0, 0.05) is 13.0 Å². The van der Waals surface area contributed by atoms with E-state index >= 15 is 0 Å². The number of unbranched alkanes of at least 4 members (excludes halogenated alkanes) is 2. The Bertz CT molecular complexity index is 1340. The molecule has 23 heteroatoms. The number of hydrogen-bond donors (Lipinski definition) is 14. The lowest BCUT2D eigenvalue weighted by Crippen LogP contribution is -2.61. The predicted molar refractivity (Wildman–Crippen MR) is 206 cm³/mol. The average molecular weight is 801 g/mol. The molecule has 0 aromatic heterocycles. The Morgan fingerprint density at radius 2 is 0.964 bits per heavy atom. The van der Waals surface area contributed by atoms with Gasteiger partial charge in [-0.2, -0.15) is 0 Å². The molecule has 56 heavy (non-hydrogen) atoms. The Morgan fingerprint density at radius 3 is 1.34 bits per heavy atom. The predicted octanol–water partition coefficient (Wildman–Crippen LogP) is -6.29. The number of rotatable bonds is 29. The number of carbonyl (C=O) groups excluding carboxylic acids is 8. The van der Waals surface area contributed by atoms with Gasteiger partial charge in [-0.1, -0.05) is 0 Å². The first-order valence-corrected chi connectivity index (χ1v) is 18.5. The molecule has 0 fully saturated rings. The summed E-state index contributed by atoms with van der Waals surface area (Å²) in [5.74, 6) is -6.77. The van der Waals surface area contributed by atoms with Crippen molar-refractivity contribution in [3.63, 3.8) is 0 Å². The zero-order valence-electron chi connectivity index (χ0n) is 32.5. The summed E-state index contributed by atoms with van der Waals surface area (Å²) in [6, 6.07) is -8.85. The Labute approximate surface area is 326 Å². The number of nitrogens with two attached hydrogens (primary N) is 7. The van der Waals surface area contributed by atoms with Gasteiger partial charge in [-0.05, 0) is 91.6 Å². The van der Waals surface area contributed by atoms with Crippen LogP contribution in [0.15, 0.2) is 4.99 Å². The van der Waals surface area contributed by atoms with Gasteiger partial charge in [0.05, 0.1) is 12.1 Å². The summed E-state index contributed by atoms with van der Waals surface area (Å²) in [6.07, 6.45) is -0.0189. The molecule has 0 rings (SSSR count). The third-order valence-electron chi connectivity index (χ3n) is 8.31. The largest absolute Gasteiger partial charge is 0.391 e. The van der Waals surface area contributed by atoms with Crippen molar-refractivity contribution in [3.05, 3.63) is 0 Å². The maximum absolute atomic E-state index is 13.8. The van der Waals surface area contributed by atoms with Gasteiger partial charge < -0.3 is 77.1 Å². The van der Waals surface area contributed by atoms with Gasteiger partial charge in [-0.25, -0.2) is 0 Å². The molecule has 0 spiro atoms. The highest BCUT2D eigenvalue weighted by Crippen LogP contribution is 2.09. The molecule has 23 nitrogen and oxygen atoms in total. The quantitative estimate of drug-likeness (QED) is 0.0190. The fourth-order valence-electron chi connectivity index (χ4n) is 5.00. The number of nitrogens with one attached hydrogen (secondary N) is 6. The van der Waals surface area contributed by atoms with E-state index in [0.717, 1.165) is 0 Å². The van der Waals surface area contributed by atoms with Crippen molar-refractivity contribution < 1.29 is 43.5 Å². The molecule has 0 aromatic rings. The van der Waals surface area contributed by atoms with Crippen molar-refractivity contribution in [2.75, 3.05) is 19.6 Å². The molecular formula is C33H64N14O9. The Hall–Kier alpha value is -5.13. The van der Waals surface area contributed by atoms with Crippen molar-refractivity contribution in [1.82, 2.24) is 31.9 Å². The molecule has 8 amide bonds. The number of aliphatic imine (C=N–C) groups is 1. The van der Waals surface area contributed by atoms with Crippen molar-refractivity contribution >= 4 is 53.2 Å². The van der Waals surface area contributed by atoms with Crippen LogP contribution in [0, 0.1) is 0 Å². The second kappa shape index (κ2) is 27.5. The Morgan fingerprint density at radius 1 is 0.554 bits per heavy atom. The lowest BCUT2D eigenvalue weighted by Gasteiger charge is -2.28. The van der Waals surface area contributed by atoms with Crippen molar-refractivity contribution in [2.24, 2.45) is 45.1 Å². The maximum atomic E-state index is 13.8. The Balaban J connectivity index is 6.40. The molecule has 0 bridgehead atoms. The number of nitrogens with zero attached hydrogens (tertiary/aromatic N) is 1. The van der Waals surface area contributed by atoms with E-state index in [1.54, 1.807) is 0 Å². The molecule has 0 radical (unpaired) electrons. The average Bonchev–Trinajstić information content (AvgIpc) is 3.11. The minimum Gasteiger partial charge on any atom is -0.391 e. The normalized spacial score (nSPS) is 15.2. The first kappa shape index (κ1) is 50.9. The molecule has 0 saturated heterocycles. The highest BCUT2D eigenvalue weighted by Gasteiger charge is 2.34. The van der Waals surface area contributed by atoms with E-state index in [1.807, 2.05) is 0 Å². The molecule has 0 aliphatic heterocycles. The van der Waals surface area contributed by atoms with E-state index in [-0.39, 0.29) is 57.6 Å². The summed E-state index contributed by atoms with van der Waals surface area (Å²) >= 11 is 0. The molecule has 0 aromatic carbocycles. The summed E-state index contributed by atoms with van der Waals surface area (Å²) in [7, 11) is 0. The van der Waals surface area contributed by atoms with Crippen LogP contribution in [0.4, 0.5) is 0 Å². The molecule has 0 aliphatic carbocycles. The van der Waals surface area contributed by atoms with Crippen LogP contribution in [0.2, 0.25) is 0 Å². The second-order valence-corrected chi connectivity index (χ2v) is 13.4. The van der Waals surface area contributed by atoms with E-state index in [0.29, 0.717) is 32.2 Å². The summed E-state index contributed by atoms with van der Waals surface area (Å²) in [4.78, 5) is 107. The number of carbonyl (C=O) groups is 8. The van der Waals surface area contributed by atoms with Gasteiger partial charge in [-0.15, -0.1) is 0 Å². The lowest BCUT2D eigenvalue weighted by molar-refractivity contribution is -0.136. The standard InChI is InChI=1S/C33H64N14O9/c1-17(36)27(51)43-22(11-8-16-41-33(39)40)30(54)45-20(9-4-6-14-34)28(52)44-21(10-5-7-15-35)29(53)46-23(12-13-24(37)49)31(55)47-25(19(3)48)32(56)42-18(2)26(38)50/h17-23,25,48H,4-16,34-36H2,1-3H3,(H2,37,49)(H2,38,50)(H,42,56)(H,43,51)(H,44,52)(H,45,54)(H,46,53)(H,47,55)(H4,39,40,41)/t17-,18-,19+,20-,21-,22-,23-,25-/m0/s1. The SMILES string of the molecule is C[C@H](N)C(=O)N[C@@H](CCCN=C(N)N)C(=O)N[C@@H](CCCCN)C(=O)N[C@@H](CCCCN)C(=O)N[C@@H](CCC(N)=O)C(=O)N[C@H](C(=O)N[C@@H](C)C(N)=O)[C@@H](C)O. The molecule has 8 atom stereocenters. The summed E-state index contributed by atoms with van der Waals surface area (Å²) in [5.41, 5.74) is 38.3. The fourth-order valence-corrected chi connectivity index (χ4v) is 5.00. The third kappa shape index (κ3) is 21.1. The highest BCUT2D eigenvalue weighted by molar-refractivity contribution is 5.97. The summed E-state index contributed by atoms with van der Waals surface area (Å²) < 4.78 is 0. The lowest BCUT2D eigenvalue weighted by atomic mass is 10.0. The van der Waals surface area contributed by atoms with Crippen LogP contribution in [0.3, 0.4) is 0 Å². The summed E-state index contributed by atoms with van der Waals surface area (Å²) in [6.45, 7) is 4.63. The Kier molecular flexibility index (Phi) is 24.9. The van der Waals surface area contributed by atoms with E-state index < -0.39 is 95.7 Å². The molecule has 0 aliphatic rings. The number of hydrogen-bond acceptors (Lipinski definition) is 13. The zero-order valence-corrected chi connectivity index (χ0v) is 32.5. The van der Waals surface area contributed by atoms with Crippen LogP contribution in [0.1, 0.15) is 85.0 Å². The van der Waals surface area contributed by atoms with Gasteiger partial charge >= 0.3 is 0 Å². The minimum atomic E-state index is -1.61. The van der Waals surface area contributed by atoms with E-state index in [2.05, 4.69) is 36.9 Å². The molecule has 0 unspecified atom stereocenters. The molecule has 320 valence electrons. The summed E-state index contributed by atoms with van der Waals surface area (Å²) in [5, 5.41) is 25.1. The topological polar surface area (TPSA) is 423 Å². The first-order valence-electron chi connectivity index (χ1n) is 18.5. The fraction of sp³-hybridized carbons (Fsp3) is 0.727. The van der Waals surface area contributed by atoms with Crippen molar-refractivity contribution in [1.29, 1.82) is 0 Å². The molecule has 0 saturated carbocycles. The minimum absolute atomic E-state index is 0.0317. The van der Waals surface area contributed by atoms with E-state index in [1.165, 1.54) is 20.8 Å². The van der Waals surface area contributed by atoms with Crippen LogP contribution in [-0.4, -0.2) is 126 Å². The van der Waals surface area contributed by atoms with Crippen molar-refractivity contribution in [2.45, 2.75) is 133 Å².